The lowest BCUT2D eigenvalue weighted by atomic mass is 10.1. The zero-order valence-corrected chi connectivity index (χ0v) is 14.8. The molecule has 1 aromatic rings. The van der Waals surface area contributed by atoms with Gasteiger partial charge < -0.3 is 14.6 Å². The van der Waals surface area contributed by atoms with E-state index in [1.165, 1.54) is 0 Å². The van der Waals surface area contributed by atoms with Gasteiger partial charge in [0.15, 0.2) is 0 Å². The van der Waals surface area contributed by atoms with Crippen molar-refractivity contribution in [3.8, 4) is 5.75 Å². The molecule has 0 bridgehead atoms. The van der Waals surface area contributed by atoms with Gasteiger partial charge in [-0.15, -0.1) is 0 Å². The highest BCUT2D eigenvalue weighted by Gasteiger charge is 2.19. The van der Waals surface area contributed by atoms with Crippen LogP contribution < -0.4 is 4.74 Å². The summed E-state index contributed by atoms with van der Waals surface area (Å²) in [6.45, 7) is 11.9. The molecule has 0 saturated heterocycles. The topological polar surface area (TPSA) is 41.9 Å². The molecule has 22 heavy (non-hydrogen) atoms. The van der Waals surface area contributed by atoms with Crippen molar-refractivity contribution in [2.45, 2.75) is 58.9 Å². The first kappa shape index (κ1) is 18.9. The summed E-state index contributed by atoms with van der Waals surface area (Å²) in [7, 11) is 1.69. The number of benzene rings is 1. The molecule has 0 unspecified atom stereocenters. The van der Waals surface area contributed by atoms with E-state index in [4.69, 9.17) is 9.47 Å². The van der Waals surface area contributed by atoms with Crippen LogP contribution in [-0.2, 0) is 11.3 Å². The summed E-state index contributed by atoms with van der Waals surface area (Å²) in [5, 5.41) is 10.2. The average molecular weight is 309 g/mol. The number of rotatable bonds is 8. The van der Waals surface area contributed by atoms with Crippen molar-refractivity contribution in [2.24, 2.45) is 0 Å². The Kier molecular flexibility index (Phi) is 7.33. The van der Waals surface area contributed by atoms with Crippen molar-refractivity contribution in [2.75, 3.05) is 20.3 Å². The molecule has 0 amide bonds. The van der Waals surface area contributed by atoms with Gasteiger partial charge in [-0.2, -0.15) is 0 Å². The molecular formula is C18H31NO3. The molecule has 0 aliphatic rings. The second-order valence-corrected chi connectivity index (χ2v) is 6.91. The lowest BCUT2D eigenvalue weighted by molar-refractivity contribution is -0.0587. The van der Waals surface area contributed by atoms with Gasteiger partial charge in [0.2, 0.25) is 0 Å². The second-order valence-electron chi connectivity index (χ2n) is 6.91. The molecule has 0 fully saturated rings. The largest absolute Gasteiger partial charge is 0.496 e. The SMILES string of the molecule is COc1ccccc1CN(C[C@@H](O)COC(C)(C)C)C(C)C. The third-order valence-electron chi connectivity index (χ3n) is 3.45. The van der Waals surface area contributed by atoms with Gasteiger partial charge in [0.05, 0.1) is 25.4 Å². The summed E-state index contributed by atoms with van der Waals surface area (Å²) < 4.78 is 11.1. The van der Waals surface area contributed by atoms with Crippen LogP contribution in [0.1, 0.15) is 40.2 Å². The van der Waals surface area contributed by atoms with Gasteiger partial charge in [-0.05, 0) is 40.7 Å². The maximum Gasteiger partial charge on any atom is 0.123 e. The van der Waals surface area contributed by atoms with E-state index < -0.39 is 6.10 Å². The first-order valence-corrected chi connectivity index (χ1v) is 7.91. The average Bonchev–Trinajstić information content (AvgIpc) is 2.44. The van der Waals surface area contributed by atoms with Crippen LogP contribution >= 0.6 is 0 Å². The standard InChI is InChI=1S/C18H31NO3/c1-14(2)19(12-16(20)13-22-18(3,4)5)11-15-9-7-8-10-17(15)21-6/h7-10,14,16,20H,11-13H2,1-6H3/t16-/m1/s1. The summed E-state index contributed by atoms with van der Waals surface area (Å²) in [5.74, 6) is 0.883. The smallest absolute Gasteiger partial charge is 0.123 e. The Morgan fingerprint density at radius 3 is 2.36 bits per heavy atom. The Hall–Kier alpha value is -1.10. The normalized spacial score (nSPS) is 13.7. The molecule has 1 rings (SSSR count). The predicted molar refractivity (Wildman–Crippen MR) is 90.3 cm³/mol. The van der Waals surface area contributed by atoms with Gasteiger partial charge in [-0.3, -0.25) is 4.90 Å². The zero-order valence-electron chi connectivity index (χ0n) is 14.8. The molecule has 0 spiro atoms. The Morgan fingerprint density at radius 2 is 1.82 bits per heavy atom. The summed E-state index contributed by atoms with van der Waals surface area (Å²) in [5.41, 5.74) is 0.898. The highest BCUT2D eigenvalue weighted by Crippen LogP contribution is 2.20. The van der Waals surface area contributed by atoms with Crippen molar-refractivity contribution < 1.29 is 14.6 Å². The van der Waals surface area contributed by atoms with E-state index in [1.807, 2.05) is 39.0 Å². The van der Waals surface area contributed by atoms with Crippen molar-refractivity contribution in [1.82, 2.24) is 4.90 Å². The maximum atomic E-state index is 10.2. The summed E-state index contributed by atoms with van der Waals surface area (Å²) in [4.78, 5) is 2.23. The van der Waals surface area contributed by atoms with Gasteiger partial charge in [0.1, 0.15) is 5.75 Å². The quantitative estimate of drug-likeness (QED) is 0.801. The molecule has 0 aliphatic heterocycles. The monoisotopic (exact) mass is 309 g/mol. The number of methoxy groups -OCH3 is 1. The van der Waals surface area contributed by atoms with Crippen LogP contribution in [0, 0.1) is 0 Å². The van der Waals surface area contributed by atoms with Crippen molar-refractivity contribution >= 4 is 0 Å². The van der Waals surface area contributed by atoms with Crippen LogP contribution in [0.2, 0.25) is 0 Å². The van der Waals surface area contributed by atoms with Crippen molar-refractivity contribution in [3.63, 3.8) is 0 Å². The lowest BCUT2D eigenvalue weighted by Crippen LogP contribution is -2.40. The van der Waals surface area contributed by atoms with E-state index in [1.54, 1.807) is 7.11 Å². The minimum Gasteiger partial charge on any atom is -0.496 e. The molecule has 1 N–H and O–H groups in total. The summed E-state index contributed by atoms with van der Waals surface area (Å²) >= 11 is 0. The van der Waals surface area contributed by atoms with Crippen LogP contribution in [0.3, 0.4) is 0 Å². The molecule has 0 saturated carbocycles. The lowest BCUT2D eigenvalue weighted by Gasteiger charge is -2.30. The van der Waals surface area contributed by atoms with Gasteiger partial charge in [0, 0.05) is 24.7 Å². The number of aliphatic hydroxyl groups is 1. The highest BCUT2D eigenvalue weighted by atomic mass is 16.5. The van der Waals surface area contributed by atoms with E-state index in [0.29, 0.717) is 19.2 Å². The molecule has 1 atom stereocenters. The number of hydrogen-bond acceptors (Lipinski definition) is 4. The maximum absolute atomic E-state index is 10.2. The van der Waals surface area contributed by atoms with Crippen LogP contribution in [0.25, 0.3) is 0 Å². The van der Waals surface area contributed by atoms with E-state index in [-0.39, 0.29) is 5.60 Å². The Balaban J connectivity index is 2.66. The third kappa shape index (κ3) is 6.77. The van der Waals surface area contributed by atoms with Crippen LogP contribution in [0.4, 0.5) is 0 Å². The number of nitrogens with zero attached hydrogens (tertiary/aromatic N) is 1. The van der Waals surface area contributed by atoms with Crippen molar-refractivity contribution in [3.05, 3.63) is 29.8 Å². The second kappa shape index (κ2) is 8.51. The van der Waals surface area contributed by atoms with Gasteiger partial charge >= 0.3 is 0 Å². The fourth-order valence-electron chi connectivity index (χ4n) is 2.18. The van der Waals surface area contributed by atoms with Gasteiger partial charge in [-0.1, -0.05) is 18.2 Å². The summed E-state index contributed by atoms with van der Waals surface area (Å²) in [6, 6.07) is 8.33. The molecule has 126 valence electrons. The predicted octanol–water partition coefficient (Wildman–Crippen LogP) is 3.08. The minimum absolute atomic E-state index is 0.230. The van der Waals surface area contributed by atoms with E-state index in [9.17, 15) is 5.11 Å². The molecule has 0 heterocycles. The summed E-state index contributed by atoms with van der Waals surface area (Å²) in [6.07, 6.45) is -0.503. The molecular weight excluding hydrogens is 278 g/mol. The molecule has 0 radical (unpaired) electrons. The molecule has 0 aliphatic carbocycles. The van der Waals surface area contributed by atoms with E-state index >= 15 is 0 Å². The van der Waals surface area contributed by atoms with Crippen LogP contribution in [0.15, 0.2) is 24.3 Å². The van der Waals surface area contributed by atoms with Crippen LogP contribution in [0.5, 0.6) is 5.75 Å². The Bertz CT molecular complexity index is 440. The number of ether oxygens (including phenoxy) is 2. The van der Waals surface area contributed by atoms with E-state index in [0.717, 1.165) is 17.9 Å². The Labute approximate surface area is 135 Å². The molecule has 4 nitrogen and oxygen atoms in total. The van der Waals surface area contributed by atoms with Gasteiger partial charge in [-0.25, -0.2) is 0 Å². The molecule has 4 heteroatoms. The number of para-hydroxylation sites is 1. The molecule has 1 aromatic carbocycles. The Morgan fingerprint density at radius 1 is 1.18 bits per heavy atom. The fourth-order valence-corrected chi connectivity index (χ4v) is 2.18. The first-order valence-electron chi connectivity index (χ1n) is 7.91. The first-order chi connectivity index (χ1) is 10.2. The molecule has 0 aromatic heterocycles. The number of hydrogen-bond donors (Lipinski definition) is 1. The van der Waals surface area contributed by atoms with E-state index in [2.05, 4.69) is 24.8 Å². The van der Waals surface area contributed by atoms with Crippen LogP contribution in [-0.4, -0.2) is 48.0 Å². The zero-order chi connectivity index (χ0) is 16.8. The highest BCUT2D eigenvalue weighted by molar-refractivity contribution is 5.33. The number of aliphatic hydroxyl groups excluding tert-OH is 1. The fraction of sp³-hybridized carbons (Fsp3) is 0.667. The van der Waals surface area contributed by atoms with Crippen molar-refractivity contribution in [1.29, 1.82) is 0 Å². The minimum atomic E-state index is -0.503. The van der Waals surface area contributed by atoms with Gasteiger partial charge in [0.25, 0.3) is 0 Å². The third-order valence-corrected chi connectivity index (χ3v) is 3.45.